The van der Waals surface area contributed by atoms with Gasteiger partial charge in [0, 0.05) is 19.0 Å². The molecule has 0 aliphatic carbocycles. The molecule has 0 bridgehead atoms. The smallest absolute Gasteiger partial charge is 0.261 e. The van der Waals surface area contributed by atoms with E-state index in [1.807, 2.05) is 31.2 Å². The Balaban J connectivity index is 3.17. The molecule has 1 aromatic rings. The maximum atomic E-state index is 14.0. The number of allylic oxidation sites excluding steroid dienone is 3. The van der Waals surface area contributed by atoms with E-state index in [2.05, 4.69) is 13.2 Å². The van der Waals surface area contributed by atoms with Crippen LogP contribution < -0.4 is 0 Å². The molecular weight excluding hydrogens is 332 g/mol. The van der Waals surface area contributed by atoms with Crippen LogP contribution in [0, 0.1) is 6.92 Å². The summed E-state index contributed by atoms with van der Waals surface area (Å²) in [5, 5.41) is 0. The van der Waals surface area contributed by atoms with E-state index in [0.29, 0.717) is 11.1 Å². The number of carbonyl (C=O) groups excluding carboxylic acids is 1. The molecule has 0 heterocycles. The Bertz CT molecular complexity index is 733. The van der Waals surface area contributed by atoms with Gasteiger partial charge < -0.3 is 4.90 Å². The molecular formula is C22H27F2NO. The highest BCUT2D eigenvalue weighted by molar-refractivity contribution is 5.96. The van der Waals surface area contributed by atoms with Gasteiger partial charge in [-0.2, -0.15) is 0 Å². The molecule has 1 rings (SSSR count). The van der Waals surface area contributed by atoms with Crippen molar-refractivity contribution in [2.75, 3.05) is 7.05 Å². The first-order valence-electron chi connectivity index (χ1n) is 8.44. The van der Waals surface area contributed by atoms with Crippen molar-refractivity contribution in [3.8, 4) is 0 Å². The van der Waals surface area contributed by atoms with Crippen LogP contribution in [0.25, 0.3) is 5.57 Å². The standard InChI is InChI=1S/C22H27F2NO/c1-7-9-13-18(8-2)20(26)25(6)22(5,21(23)24)15-17(4)19-14-11-10-12-16(19)3/h7-14,21H,1,4,15H2,2-3,5-6H3/b13-9-,18-8+. The van der Waals surface area contributed by atoms with Crippen LogP contribution in [0.3, 0.4) is 0 Å². The van der Waals surface area contributed by atoms with Gasteiger partial charge in [-0.05, 0) is 43.5 Å². The monoisotopic (exact) mass is 359 g/mol. The number of likely N-dealkylation sites (N-methyl/N-ethyl adjacent to an activating group) is 1. The number of alkyl halides is 2. The van der Waals surface area contributed by atoms with Crippen LogP contribution in [-0.2, 0) is 4.79 Å². The van der Waals surface area contributed by atoms with Crippen molar-refractivity contribution in [2.24, 2.45) is 0 Å². The van der Waals surface area contributed by atoms with E-state index in [-0.39, 0.29) is 6.42 Å². The minimum atomic E-state index is -2.72. The van der Waals surface area contributed by atoms with Crippen LogP contribution in [0.4, 0.5) is 8.78 Å². The third-order valence-electron chi connectivity index (χ3n) is 4.61. The minimum absolute atomic E-state index is 0.0279. The quantitative estimate of drug-likeness (QED) is 0.439. The summed E-state index contributed by atoms with van der Waals surface area (Å²) < 4.78 is 28.0. The first-order valence-corrected chi connectivity index (χ1v) is 8.44. The zero-order chi connectivity index (χ0) is 19.9. The lowest BCUT2D eigenvalue weighted by molar-refractivity contribution is -0.137. The van der Waals surface area contributed by atoms with Crippen LogP contribution in [0.15, 0.2) is 67.3 Å². The molecule has 0 radical (unpaired) electrons. The molecule has 0 saturated carbocycles. The number of halogens is 2. The summed E-state index contributed by atoms with van der Waals surface area (Å²) in [5.74, 6) is -0.467. The summed E-state index contributed by atoms with van der Waals surface area (Å²) in [6, 6.07) is 7.50. The van der Waals surface area contributed by atoms with Crippen molar-refractivity contribution in [3.63, 3.8) is 0 Å². The number of benzene rings is 1. The lowest BCUT2D eigenvalue weighted by Gasteiger charge is -2.39. The third kappa shape index (κ3) is 4.78. The molecule has 0 aliphatic heterocycles. The van der Waals surface area contributed by atoms with E-state index in [0.717, 1.165) is 16.0 Å². The second kappa shape index (κ2) is 9.27. The molecule has 0 saturated heterocycles. The van der Waals surface area contributed by atoms with Gasteiger partial charge in [0.15, 0.2) is 0 Å². The molecule has 1 aromatic carbocycles. The minimum Gasteiger partial charge on any atom is -0.330 e. The molecule has 1 unspecified atom stereocenters. The summed E-state index contributed by atoms with van der Waals surface area (Å²) in [6.07, 6.45) is 3.55. The van der Waals surface area contributed by atoms with Gasteiger partial charge in [0.25, 0.3) is 12.3 Å². The van der Waals surface area contributed by atoms with Crippen LogP contribution in [-0.4, -0.2) is 29.8 Å². The summed E-state index contributed by atoms with van der Waals surface area (Å²) in [6.45, 7) is 12.6. The van der Waals surface area contributed by atoms with E-state index in [1.54, 1.807) is 25.2 Å². The van der Waals surface area contributed by atoms with Crippen molar-refractivity contribution >= 4 is 11.5 Å². The first kappa shape index (κ1) is 21.6. The van der Waals surface area contributed by atoms with Gasteiger partial charge in [0.05, 0.1) is 0 Å². The molecule has 26 heavy (non-hydrogen) atoms. The van der Waals surface area contributed by atoms with Crippen LogP contribution >= 0.6 is 0 Å². The van der Waals surface area contributed by atoms with Gasteiger partial charge in [-0.1, -0.05) is 55.7 Å². The molecule has 0 spiro atoms. The van der Waals surface area contributed by atoms with E-state index in [1.165, 1.54) is 20.0 Å². The molecule has 0 aliphatic rings. The lowest BCUT2D eigenvalue weighted by Crippen LogP contribution is -2.52. The number of nitrogens with zero attached hydrogens (tertiary/aromatic N) is 1. The maximum absolute atomic E-state index is 14.0. The summed E-state index contributed by atoms with van der Waals surface area (Å²) in [5.41, 5.74) is 1.03. The topological polar surface area (TPSA) is 20.3 Å². The summed E-state index contributed by atoms with van der Waals surface area (Å²) >= 11 is 0. The van der Waals surface area contributed by atoms with E-state index in [4.69, 9.17) is 0 Å². The molecule has 4 heteroatoms. The molecule has 1 amide bonds. The zero-order valence-electron chi connectivity index (χ0n) is 15.9. The molecule has 2 nitrogen and oxygen atoms in total. The molecule has 1 atom stereocenters. The molecule has 0 fully saturated rings. The van der Waals surface area contributed by atoms with Gasteiger partial charge in [-0.15, -0.1) is 0 Å². The maximum Gasteiger partial charge on any atom is 0.261 e. The number of carbonyl (C=O) groups is 1. The Morgan fingerprint density at radius 2 is 1.96 bits per heavy atom. The largest absolute Gasteiger partial charge is 0.330 e. The number of hydrogen-bond donors (Lipinski definition) is 0. The normalized spacial score (nSPS) is 14.3. The zero-order valence-corrected chi connectivity index (χ0v) is 15.9. The summed E-state index contributed by atoms with van der Waals surface area (Å²) in [7, 11) is 1.41. The SMILES string of the molecule is C=C/C=C\C(=C/C)C(=O)N(C)C(C)(CC(=C)c1ccccc1C)C(F)F. The van der Waals surface area contributed by atoms with Crippen molar-refractivity contribution < 1.29 is 13.6 Å². The number of hydrogen-bond acceptors (Lipinski definition) is 1. The van der Waals surface area contributed by atoms with E-state index < -0.39 is 17.9 Å². The van der Waals surface area contributed by atoms with Gasteiger partial charge in [-0.3, -0.25) is 4.79 Å². The highest BCUT2D eigenvalue weighted by atomic mass is 19.3. The fourth-order valence-corrected chi connectivity index (χ4v) is 2.73. The predicted octanol–water partition coefficient (Wildman–Crippen LogP) is 5.57. The predicted molar refractivity (Wildman–Crippen MR) is 105 cm³/mol. The van der Waals surface area contributed by atoms with Crippen molar-refractivity contribution in [3.05, 3.63) is 78.4 Å². The fourth-order valence-electron chi connectivity index (χ4n) is 2.73. The molecule has 0 N–H and O–H groups in total. The third-order valence-corrected chi connectivity index (χ3v) is 4.61. The fraction of sp³-hybridized carbons (Fsp3) is 0.318. The van der Waals surface area contributed by atoms with Crippen molar-refractivity contribution in [1.82, 2.24) is 4.90 Å². The Morgan fingerprint density at radius 3 is 2.46 bits per heavy atom. The summed E-state index contributed by atoms with van der Waals surface area (Å²) in [4.78, 5) is 13.8. The first-order chi connectivity index (χ1) is 12.2. The Kier molecular flexibility index (Phi) is 7.69. The Hall–Kier alpha value is -2.49. The van der Waals surface area contributed by atoms with E-state index in [9.17, 15) is 13.6 Å². The second-order valence-electron chi connectivity index (χ2n) is 6.46. The number of amides is 1. The van der Waals surface area contributed by atoms with Crippen molar-refractivity contribution in [2.45, 2.75) is 39.2 Å². The Labute approximate surface area is 155 Å². The highest BCUT2D eigenvalue weighted by Gasteiger charge is 2.42. The van der Waals surface area contributed by atoms with E-state index >= 15 is 0 Å². The van der Waals surface area contributed by atoms with Crippen LogP contribution in [0.1, 0.15) is 31.4 Å². The average molecular weight is 359 g/mol. The highest BCUT2D eigenvalue weighted by Crippen LogP contribution is 2.34. The molecule has 140 valence electrons. The number of aryl methyl sites for hydroxylation is 1. The molecule has 0 aromatic heterocycles. The van der Waals surface area contributed by atoms with Crippen LogP contribution in [0.2, 0.25) is 0 Å². The van der Waals surface area contributed by atoms with Crippen LogP contribution in [0.5, 0.6) is 0 Å². The van der Waals surface area contributed by atoms with Gasteiger partial charge >= 0.3 is 0 Å². The average Bonchev–Trinajstić information content (AvgIpc) is 2.61. The Morgan fingerprint density at radius 1 is 1.35 bits per heavy atom. The van der Waals surface area contributed by atoms with Crippen molar-refractivity contribution in [1.29, 1.82) is 0 Å². The number of rotatable bonds is 8. The second-order valence-corrected chi connectivity index (χ2v) is 6.46. The van der Waals surface area contributed by atoms with Gasteiger partial charge in [0.1, 0.15) is 5.54 Å². The van der Waals surface area contributed by atoms with Gasteiger partial charge in [0.2, 0.25) is 0 Å². The van der Waals surface area contributed by atoms with Gasteiger partial charge in [-0.25, -0.2) is 8.78 Å². The lowest BCUT2D eigenvalue weighted by atomic mass is 9.87.